The number of hydrogen-bond donors (Lipinski definition) is 0. The van der Waals surface area contributed by atoms with Crippen molar-refractivity contribution in [2.24, 2.45) is 5.41 Å². The van der Waals surface area contributed by atoms with Gasteiger partial charge < -0.3 is 4.42 Å². The molecule has 0 atom stereocenters. The molecule has 0 saturated heterocycles. The summed E-state index contributed by atoms with van der Waals surface area (Å²) in [6.07, 6.45) is 4.35. The number of carbonyl (C=O) groups excluding carboxylic acids is 1. The van der Waals surface area contributed by atoms with Crippen LogP contribution in [0.5, 0.6) is 0 Å². The topological polar surface area (TPSA) is 30.2 Å². The van der Waals surface area contributed by atoms with Crippen molar-refractivity contribution >= 4 is 27.7 Å². The SMILES string of the molecule is CC1(C(=O)c2ccc3oc4ccccc4c3c2)CCCC1. The zero-order chi connectivity index (χ0) is 14.4. The highest BCUT2D eigenvalue weighted by atomic mass is 16.3. The van der Waals surface area contributed by atoms with E-state index in [4.69, 9.17) is 4.42 Å². The maximum atomic E-state index is 12.8. The van der Waals surface area contributed by atoms with Gasteiger partial charge in [-0.3, -0.25) is 4.79 Å². The van der Waals surface area contributed by atoms with Gasteiger partial charge in [0.05, 0.1) is 0 Å². The second kappa shape index (κ2) is 4.45. The summed E-state index contributed by atoms with van der Waals surface area (Å²) >= 11 is 0. The van der Waals surface area contributed by atoms with Crippen LogP contribution in [-0.4, -0.2) is 5.78 Å². The minimum absolute atomic E-state index is 0.173. The Labute approximate surface area is 123 Å². The summed E-state index contributed by atoms with van der Waals surface area (Å²) in [4.78, 5) is 12.8. The third-order valence-electron chi connectivity index (χ3n) is 4.89. The van der Waals surface area contributed by atoms with E-state index in [0.717, 1.165) is 40.3 Å². The van der Waals surface area contributed by atoms with E-state index in [1.807, 2.05) is 42.5 Å². The Kier molecular flexibility index (Phi) is 2.68. The summed E-state index contributed by atoms with van der Waals surface area (Å²) in [5.41, 5.74) is 2.37. The number of fused-ring (bicyclic) bond motifs is 3. The highest BCUT2D eigenvalue weighted by Crippen LogP contribution is 2.41. The molecule has 1 aliphatic rings. The highest BCUT2D eigenvalue weighted by Gasteiger charge is 2.36. The molecule has 0 radical (unpaired) electrons. The van der Waals surface area contributed by atoms with E-state index in [0.29, 0.717) is 0 Å². The molecule has 0 amide bonds. The Morgan fingerprint density at radius 1 is 1.00 bits per heavy atom. The van der Waals surface area contributed by atoms with Crippen molar-refractivity contribution in [3.8, 4) is 0 Å². The van der Waals surface area contributed by atoms with Gasteiger partial charge >= 0.3 is 0 Å². The van der Waals surface area contributed by atoms with Gasteiger partial charge in [-0.15, -0.1) is 0 Å². The Morgan fingerprint density at radius 2 is 1.71 bits per heavy atom. The maximum absolute atomic E-state index is 12.8. The third-order valence-corrected chi connectivity index (χ3v) is 4.89. The van der Waals surface area contributed by atoms with Crippen molar-refractivity contribution in [3.63, 3.8) is 0 Å². The number of benzene rings is 2. The van der Waals surface area contributed by atoms with E-state index >= 15 is 0 Å². The number of Topliss-reactive ketones (excluding diaryl/α,β-unsaturated/α-hetero) is 1. The van der Waals surface area contributed by atoms with Crippen molar-refractivity contribution in [1.29, 1.82) is 0 Å². The van der Waals surface area contributed by atoms with Crippen LogP contribution in [0.1, 0.15) is 43.0 Å². The second-order valence-electron chi connectivity index (χ2n) is 6.41. The lowest BCUT2D eigenvalue weighted by atomic mass is 9.80. The molecular weight excluding hydrogens is 260 g/mol. The number of carbonyl (C=O) groups is 1. The number of rotatable bonds is 2. The molecule has 2 heteroatoms. The number of ketones is 1. The second-order valence-corrected chi connectivity index (χ2v) is 6.41. The molecule has 21 heavy (non-hydrogen) atoms. The van der Waals surface area contributed by atoms with Gasteiger partial charge in [0, 0.05) is 21.8 Å². The van der Waals surface area contributed by atoms with E-state index in [9.17, 15) is 4.79 Å². The quantitative estimate of drug-likeness (QED) is 0.591. The van der Waals surface area contributed by atoms with Crippen LogP contribution in [0.15, 0.2) is 46.9 Å². The molecule has 1 aromatic heterocycles. The number of para-hydroxylation sites is 1. The third kappa shape index (κ3) is 1.90. The lowest BCUT2D eigenvalue weighted by Crippen LogP contribution is -2.24. The average Bonchev–Trinajstić information content (AvgIpc) is 3.10. The van der Waals surface area contributed by atoms with Gasteiger partial charge in [-0.25, -0.2) is 0 Å². The van der Waals surface area contributed by atoms with Crippen molar-refractivity contribution in [1.82, 2.24) is 0 Å². The first kappa shape index (κ1) is 12.6. The average molecular weight is 278 g/mol. The van der Waals surface area contributed by atoms with Crippen LogP contribution in [-0.2, 0) is 0 Å². The van der Waals surface area contributed by atoms with E-state index in [-0.39, 0.29) is 11.2 Å². The molecule has 1 aliphatic carbocycles. The van der Waals surface area contributed by atoms with Crippen LogP contribution in [0.25, 0.3) is 21.9 Å². The minimum Gasteiger partial charge on any atom is -0.456 e. The highest BCUT2D eigenvalue weighted by molar-refractivity contribution is 6.09. The molecule has 0 aliphatic heterocycles. The molecular formula is C19H18O2. The fourth-order valence-corrected chi connectivity index (χ4v) is 3.60. The minimum atomic E-state index is -0.173. The molecule has 3 aromatic rings. The molecule has 0 spiro atoms. The summed E-state index contributed by atoms with van der Waals surface area (Å²) in [5, 5.41) is 2.12. The normalized spacial score (nSPS) is 17.6. The predicted molar refractivity (Wildman–Crippen MR) is 84.6 cm³/mol. The molecule has 1 fully saturated rings. The lowest BCUT2D eigenvalue weighted by molar-refractivity contribution is 0.0823. The van der Waals surface area contributed by atoms with Crippen LogP contribution >= 0.6 is 0 Å². The molecule has 2 aromatic carbocycles. The van der Waals surface area contributed by atoms with Gasteiger partial charge in [0.1, 0.15) is 11.2 Å². The molecule has 2 nitrogen and oxygen atoms in total. The van der Waals surface area contributed by atoms with E-state index in [1.165, 1.54) is 12.8 Å². The monoisotopic (exact) mass is 278 g/mol. The lowest BCUT2D eigenvalue weighted by Gasteiger charge is -2.21. The van der Waals surface area contributed by atoms with Crippen LogP contribution < -0.4 is 0 Å². The molecule has 106 valence electrons. The number of hydrogen-bond acceptors (Lipinski definition) is 2. The van der Waals surface area contributed by atoms with Crippen molar-refractivity contribution in [3.05, 3.63) is 48.0 Å². The summed E-state index contributed by atoms with van der Waals surface area (Å²) in [7, 11) is 0. The largest absolute Gasteiger partial charge is 0.456 e. The van der Waals surface area contributed by atoms with Crippen molar-refractivity contribution < 1.29 is 9.21 Å². The van der Waals surface area contributed by atoms with Gasteiger partial charge in [0.25, 0.3) is 0 Å². The van der Waals surface area contributed by atoms with E-state index in [1.54, 1.807) is 0 Å². The van der Waals surface area contributed by atoms with Gasteiger partial charge in [-0.1, -0.05) is 38.0 Å². The molecule has 0 unspecified atom stereocenters. The Morgan fingerprint density at radius 3 is 2.52 bits per heavy atom. The van der Waals surface area contributed by atoms with Crippen molar-refractivity contribution in [2.45, 2.75) is 32.6 Å². The molecule has 0 bridgehead atoms. The van der Waals surface area contributed by atoms with Gasteiger partial charge in [0.2, 0.25) is 0 Å². The van der Waals surface area contributed by atoms with E-state index < -0.39 is 0 Å². The number of furan rings is 1. The Hall–Kier alpha value is -2.09. The summed E-state index contributed by atoms with van der Waals surface area (Å²) in [6.45, 7) is 2.11. The summed E-state index contributed by atoms with van der Waals surface area (Å²) in [6, 6.07) is 13.8. The molecule has 1 heterocycles. The smallest absolute Gasteiger partial charge is 0.168 e. The first-order chi connectivity index (χ1) is 10.2. The fraction of sp³-hybridized carbons (Fsp3) is 0.316. The maximum Gasteiger partial charge on any atom is 0.168 e. The van der Waals surface area contributed by atoms with Gasteiger partial charge in [0.15, 0.2) is 5.78 Å². The Bertz CT molecular complexity index is 835. The molecule has 0 N–H and O–H groups in total. The molecule has 4 rings (SSSR count). The predicted octanol–water partition coefficient (Wildman–Crippen LogP) is 5.35. The standard InChI is InChI=1S/C19H18O2/c1-19(10-4-5-11-19)18(20)13-8-9-17-15(12-13)14-6-2-3-7-16(14)21-17/h2-3,6-9,12H,4-5,10-11H2,1H3. The van der Waals surface area contributed by atoms with E-state index in [2.05, 4.69) is 6.92 Å². The van der Waals surface area contributed by atoms with Gasteiger partial charge in [-0.2, -0.15) is 0 Å². The summed E-state index contributed by atoms with van der Waals surface area (Å²) in [5.74, 6) is 0.284. The van der Waals surface area contributed by atoms with Crippen molar-refractivity contribution in [2.75, 3.05) is 0 Å². The fourth-order valence-electron chi connectivity index (χ4n) is 3.60. The zero-order valence-corrected chi connectivity index (χ0v) is 12.2. The van der Waals surface area contributed by atoms with Gasteiger partial charge in [-0.05, 0) is 37.1 Å². The van der Waals surface area contributed by atoms with Crippen LogP contribution in [0.4, 0.5) is 0 Å². The first-order valence-electron chi connectivity index (χ1n) is 7.63. The van der Waals surface area contributed by atoms with Crippen LogP contribution in [0.3, 0.4) is 0 Å². The first-order valence-corrected chi connectivity index (χ1v) is 7.63. The molecule has 1 saturated carbocycles. The van der Waals surface area contributed by atoms with Crippen LogP contribution in [0.2, 0.25) is 0 Å². The Balaban J connectivity index is 1.86. The summed E-state index contributed by atoms with van der Waals surface area (Å²) < 4.78 is 5.83. The zero-order valence-electron chi connectivity index (χ0n) is 12.2. The van der Waals surface area contributed by atoms with Crippen LogP contribution in [0, 0.1) is 5.41 Å².